The fourth-order valence-corrected chi connectivity index (χ4v) is 2.06. The molecule has 0 bridgehead atoms. The molecule has 0 atom stereocenters. The summed E-state index contributed by atoms with van der Waals surface area (Å²) >= 11 is 0. The van der Waals surface area contributed by atoms with Gasteiger partial charge in [0.25, 0.3) is 0 Å². The second-order valence-electron chi connectivity index (χ2n) is 5.23. The number of benzene rings is 2. The van der Waals surface area contributed by atoms with Crippen LogP contribution < -0.4 is 14.2 Å². The molecule has 6 nitrogen and oxygen atoms in total. The van der Waals surface area contributed by atoms with E-state index >= 15 is 0 Å². The molecule has 0 aromatic heterocycles. The van der Waals surface area contributed by atoms with Gasteiger partial charge in [-0.25, -0.2) is 9.59 Å². The lowest BCUT2D eigenvalue weighted by Gasteiger charge is -2.11. The number of hydrogen-bond donors (Lipinski definition) is 0. The Balaban J connectivity index is 2.12. The Morgan fingerprint density at radius 2 is 1.64 bits per heavy atom. The van der Waals surface area contributed by atoms with Crippen LogP contribution in [0.5, 0.6) is 17.2 Å². The Hall–Kier alpha value is -3.49. The van der Waals surface area contributed by atoms with Crippen LogP contribution in [0.25, 0.3) is 6.08 Å². The summed E-state index contributed by atoms with van der Waals surface area (Å²) in [5, 5.41) is 0. The number of carbonyl (C=O) groups excluding carboxylic acids is 2. The van der Waals surface area contributed by atoms with Crippen molar-refractivity contribution in [3.63, 3.8) is 0 Å². The Labute approximate surface area is 158 Å². The predicted molar refractivity (Wildman–Crippen MR) is 92.1 cm³/mol. The number of hydrogen-bond acceptors (Lipinski definition) is 6. The first-order chi connectivity index (χ1) is 13.2. The van der Waals surface area contributed by atoms with Gasteiger partial charge in [0.05, 0.1) is 19.8 Å². The summed E-state index contributed by atoms with van der Waals surface area (Å²) in [6, 6.07) is 8.85. The maximum Gasteiger partial charge on any atom is 0.573 e. The largest absolute Gasteiger partial charge is 0.573 e. The van der Waals surface area contributed by atoms with E-state index in [1.165, 1.54) is 38.5 Å². The van der Waals surface area contributed by atoms with Crippen LogP contribution in [0.1, 0.15) is 15.9 Å². The molecule has 0 aliphatic heterocycles. The standard InChI is InChI=1S/C19H15F3O6/c1-25-16-11-12(4-10-17(23)26-2)3-9-15(16)27-18(24)13-5-7-14(8-6-13)28-19(20,21)22/h3-11H,1-2H3/b10-4+. The number of ether oxygens (including phenoxy) is 4. The number of methoxy groups -OCH3 is 2. The predicted octanol–water partition coefficient (Wildman–Crippen LogP) is 4.00. The quantitative estimate of drug-likeness (QED) is 0.418. The molecule has 148 valence electrons. The summed E-state index contributed by atoms with van der Waals surface area (Å²) in [6.07, 6.45) is -2.12. The van der Waals surface area contributed by atoms with Gasteiger partial charge in [-0.3, -0.25) is 0 Å². The van der Waals surface area contributed by atoms with Gasteiger partial charge in [-0.2, -0.15) is 0 Å². The summed E-state index contributed by atoms with van der Waals surface area (Å²) in [6.45, 7) is 0. The minimum atomic E-state index is -4.82. The first-order valence-corrected chi connectivity index (χ1v) is 7.74. The summed E-state index contributed by atoms with van der Waals surface area (Å²) in [4.78, 5) is 23.3. The van der Waals surface area contributed by atoms with Gasteiger partial charge in [-0.1, -0.05) is 6.07 Å². The summed E-state index contributed by atoms with van der Waals surface area (Å²) in [7, 11) is 2.61. The van der Waals surface area contributed by atoms with E-state index in [0.29, 0.717) is 5.56 Å². The molecule has 0 amide bonds. The average molecular weight is 396 g/mol. The molecule has 9 heteroatoms. The molecular weight excluding hydrogens is 381 g/mol. The fraction of sp³-hybridized carbons (Fsp3) is 0.158. The Bertz CT molecular complexity index is 872. The van der Waals surface area contributed by atoms with Gasteiger partial charge in [-0.15, -0.1) is 13.2 Å². The fourth-order valence-electron chi connectivity index (χ4n) is 2.06. The third-order valence-electron chi connectivity index (χ3n) is 3.33. The van der Waals surface area contributed by atoms with Crippen molar-refractivity contribution in [2.75, 3.05) is 14.2 Å². The molecule has 28 heavy (non-hydrogen) atoms. The van der Waals surface area contributed by atoms with Crippen molar-refractivity contribution in [2.45, 2.75) is 6.36 Å². The SMILES string of the molecule is COC(=O)/C=C/c1ccc(OC(=O)c2ccc(OC(F)(F)F)cc2)c(OC)c1. The van der Waals surface area contributed by atoms with Crippen LogP contribution in [-0.4, -0.2) is 32.5 Å². The monoisotopic (exact) mass is 396 g/mol. The summed E-state index contributed by atoms with van der Waals surface area (Å²) in [5.74, 6) is -1.47. The van der Waals surface area contributed by atoms with E-state index in [4.69, 9.17) is 9.47 Å². The van der Waals surface area contributed by atoms with E-state index in [0.717, 1.165) is 24.3 Å². The molecule has 0 radical (unpaired) electrons. The number of esters is 2. The molecule has 0 aliphatic carbocycles. The van der Waals surface area contributed by atoms with E-state index in [1.54, 1.807) is 6.07 Å². The molecule has 0 N–H and O–H groups in total. The highest BCUT2D eigenvalue weighted by Gasteiger charge is 2.31. The van der Waals surface area contributed by atoms with Crippen LogP contribution in [-0.2, 0) is 9.53 Å². The molecule has 0 aliphatic rings. The van der Waals surface area contributed by atoms with Crippen LogP contribution in [0.15, 0.2) is 48.5 Å². The Morgan fingerprint density at radius 3 is 2.21 bits per heavy atom. The van der Waals surface area contributed by atoms with Crippen LogP contribution >= 0.6 is 0 Å². The van der Waals surface area contributed by atoms with Crippen molar-refractivity contribution in [3.05, 3.63) is 59.7 Å². The zero-order valence-electron chi connectivity index (χ0n) is 14.8. The van der Waals surface area contributed by atoms with Crippen molar-refractivity contribution >= 4 is 18.0 Å². The van der Waals surface area contributed by atoms with E-state index < -0.39 is 24.1 Å². The molecule has 2 aromatic rings. The normalized spacial score (nSPS) is 11.2. The van der Waals surface area contributed by atoms with E-state index in [2.05, 4.69) is 9.47 Å². The van der Waals surface area contributed by atoms with Crippen LogP contribution in [0.2, 0.25) is 0 Å². The zero-order valence-corrected chi connectivity index (χ0v) is 14.8. The number of halogens is 3. The van der Waals surface area contributed by atoms with Crippen LogP contribution in [0, 0.1) is 0 Å². The third kappa shape index (κ3) is 6.04. The third-order valence-corrected chi connectivity index (χ3v) is 3.33. The minimum absolute atomic E-state index is 0.0197. The second kappa shape index (κ2) is 8.94. The molecule has 0 heterocycles. The molecular formula is C19H15F3O6. The van der Waals surface area contributed by atoms with E-state index in [9.17, 15) is 22.8 Å². The zero-order chi connectivity index (χ0) is 20.7. The van der Waals surface area contributed by atoms with Gasteiger partial charge in [0, 0.05) is 6.08 Å². The van der Waals surface area contributed by atoms with Crippen LogP contribution in [0.3, 0.4) is 0 Å². The lowest BCUT2D eigenvalue weighted by molar-refractivity contribution is -0.274. The Kier molecular flexibility index (Phi) is 6.64. The van der Waals surface area contributed by atoms with Gasteiger partial charge in [0.2, 0.25) is 0 Å². The highest BCUT2D eigenvalue weighted by atomic mass is 19.4. The Morgan fingerprint density at radius 1 is 0.964 bits per heavy atom. The highest BCUT2D eigenvalue weighted by molar-refractivity contribution is 5.91. The highest BCUT2D eigenvalue weighted by Crippen LogP contribution is 2.30. The van der Waals surface area contributed by atoms with Gasteiger partial charge >= 0.3 is 18.3 Å². The lowest BCUT2D eigenvalue weighted by Crippen LogP contribution is -2.17. The van der Waals surface area contributed by atoms with Gasteiger partial charge in [0.1, 0.15) is 5.75 Å². The molecule has 0 saturated carbocycles. The first-order valence-electron chi connectivity index (χ1n) is 7.74. The first kappa shape index (κ1) is 20.8. The average Bonchev–Trinajstić information content (AvgIpc) is 2.66. The molecule has 0 unspecified atom stereocenters. The summed E-state index contributed by atoms with van der Waals surface area (Å²) < 4.78 is 55.1. The molecule has 0 fully saturated rings. The number of rotatable bonds is 6. The van der Waals surface area contributed by atoms with Crippen LogP contribution in [0.4, 0.5) is 13.2 Å². The lowest BCUT2D eigenvalue weighted by atomic mass is 10.2. The van der Waals surface area contributed by atoms with Gasteiger partial charge in [0.15, 0.2) is 11.5 Å². The van der Waals surface area contributed by atoms with Crippen molar-refractivity contribution in [2.24, 2.45) is 0 Å². The second-order valence-corrected chi connectivity index (χ2v) is 5.23. The number of carbonyl (C=O) groups is 2. The van der Waals surface area contributed by atoms with E-state index in [1.807, 2.05) is 0 Å². The van der Waals surface area contributed by atoms with Gasteiger partial charge in [-0.05, 0) is 48.0 Å². The van der Waals surface area contributed by atoms with Crippen molar-refractivity contribution in [1.29, 1.82) is 0 Å². The topological polar surface area (TPSA) is 71.1 Å². The number of alkyl halides is 3. The van der Waals surface area contributed by atoms with Crippen molar-refractivity contribution in [1.82, 2.24) is 0 Å². The molecule has 0 spiro atoms. The van der Waals surface area contributed by atoms with Crippen molar-refractivity contribution in [3.8, 4) is 17.2 Å². The van der Waals surface area contributed by atoms with E-state index in [-0.39, 0.29) is 17.1 Å². The molecule has 2 aromatic carbocycles. The maximum absolute atomic E-state index is 12.2. The minimum Gasteiger partial charge on any atom is -0.493 e. The summed E-state index contributed by atoms with van der Waals surface area (Å²) in [5.41, 5.74) is 0.613. The maximum atomic E-state index is 12.2. The van der Waals surface area contributed by atoms with Gasteiger partial charge < -0.3 is 18.9 Å². The van der Waals surface area contributed by atoms with Crippen molar-refractivity contribution < 1.29 is 41.7 Å². The smallest absolute Gasteiger partial charge is 0.493 e. The molecule has 0 saturated heterocycles. The molecule has 2 rings (SSSR count).